The molecule has 0 unspecified atom stereocenters. The van der Waals surface area contributed by atoms with Crippen molar-refractivity contribution in [3.8, 4) is 17.2 Å². The summed E-state index contributed by atoms with van der Waals surface area (Å²) in [4.78, 5) is 24.6. The summed E-state index contributed by atoms with van der Waals surface area (Å²) in [6, 6.07) is 13.9. The molecule has 0 saturated carbocycles. The van der Waals surface area contributed by atoms with E-state index in [9.17, 15) is 9.59 Å². The summed E-state index contributed by atoms with van der Waals surface area (Å²) in [6.45, 7) is 4.23. The molecule has 0 atom stereocenters. The Bertz CT molecular complexity index is 1140. The number of methoxy groups -OCH3 is 1. The number of rotatable bonds is 9. The maximum atomic E-state index is 12.3. The molecular weight excluding hydrogens is 432 g/mol. The Kier molecular flexibility index (Phi) is 7.78. The fourth-order valence-corrected chi connectivity index (χ4v) is 3.23. The van der Waals surface area contributed by atoms with Crippen molar-refractivity contribution in [1.29, 1.82) is 0 Å². The second-order valence-corrected chi connectivity index (χ2v) is 7.54. The molecular formula is C24H25ClN2O5. The van der Waals surface area contributed by atoms with Gasteiger partial charge in [0.2, 0.25) is 5.43 Å². The second-order valence-electron chi connectivity index (χ2n) is 7.11. The molecule has 7 nitrogen and oxygen atoms in total. The van der Waals surface area contributed by atoms with Gasteiger partial charge in [-0.1, -0.05) is 17.7 Å². The number of hydrogen-bond donors (Lipinski definition) is 1. The number of carbonyl (C=O) groups is 1. The highest BCUT2D eigenvalue weighted by molar-refractivity contribution is 6.31. The first kappa shape index (κ1) is 23.2. The van der Waals surface area contributed by atoms with Crippen LogP contribution in [0.1, 0.15) is 11.3 Å². The molecule has 1 amide bonds. The highest BCUT2D eigenvalue weighted by atomic mass is 35.5. The zero-order chi connectivity index (χ0) is 23.1. The summed E-state index contributed by atoms with van der Waals surface area (Å²) in [5.41, 5.74) is 1.80. The first-order valence-electron chi connectivity index (χ1n) is 10.0. The van der Waals surface area contributed by atoms with Crippen molar-refractivity contribution in [3.63, 3.8) is 0 Å². The number of benzene rings is 2. The van der Waals surface area contributed by atoms with Crippen LogP contribution >= 0.6 is 11.6 Å². The van der Waals surface area contributed by atoms with E-state index in [1.807, 2.05) is 41.8 Å². The van der Waals surface area contributed by atoms with Crippen molar-refractivity contribution in [2.45, 2.75) is 20.4 Å². The predicted octanol–water partition coefficient (Wildman–Crippen LogP) is 4.22. The first-order valence-corrected chi connectivity index (χ1v) is 10.4. The summed E-state index contributed by atoms with van der Waals surface area (Å²) in [7, 11) is 1.61. The van der Waals surface area contributed by atoms with Crippen LogP contribution in [0.3, 0.4) is 0 Å². The highest BCUT2D eigenvalue weighted by Crippen LogP contribution is 2.20. The van der Waals surface area contributed by atoms with Gasteiger partial charge in [-0.2, -0.15) is 0 Å². The SMILES string of the molecule is COc1ccc(OCCn2ccc(=O)c(OCC(=O)Nc3cc(Cl)ccc3C)c2C)cc1. The number of halogens is 1. The summed E-state index contributed by atoms with van der Waals surface area (Å²) in [5.74, 6) is 1.22. The van der Waals surface area contributed by atoms with Gasteiger partial charge in [0.25, 0.3) is 5.91 Å². The van der Waals surface area contributed by atoms with E-state index in [1.165, 1.54) is 6.07 Å². The minimum atomic E-state index is -0.382. The standard InChI is InChI=1S/C24H25ClN2O5/c1-16-4-5-18(25)14-21(16)26-23(29)15-32-24-17(2)27(11-10-22(24)28)12-13-31-20-8-6-19(30-3)7-9-20/h4-11,14H,12-13,15H2,1-3H3,(H,26,29). The Morgan fingerprint density at radius 1 is 1.03 bits per heavy atom. The van der Waals surface area contributed by atoms with Crippen LogP contribution in [0.5, 0.6) is 17.2 Å². The average Bonchev–Trinajstić information content (AvgIpc) is 2.78. The Morgan fingerprint density at radius 2 is 1.75 bits per heavy atom. The Labute approximate surface area is 191 Å². The molecule has 1 heterocycles. The smallest absolute Gasteiger partial charge is 0.262 e. The largest absolute Gasteiger partial charge is 0.497 e. The van der Waals surface area contributed by atoms with Gasteiger partial charge in [0.15, 0.2) is 12.4 Å². The number of amides is 1. The average molecular weight is 457 g/mol. The molecule has 0 aliphatic rings. The fourth-order valence-electron chi connectivity index (χ4n) is 3.06. The molecule has 8 heteroatoms. The van der Waals surface area contributed by atoms with Crippen molar-refractivity contribution >= 4 is 23.2 Å². The lowest BCUT2D eigenvalue weighted by Crippen LogP contribution is -2.24. The van der Waals surface area contributed by atoms with Crippen LogP contribution in [0.4, 0.5) is 5.69 Å². The first-order chi connectivity index (χ1) is 15.4. The number of nitrogens with one attached hydrogen (secondary N) is 1. The molecule has 0 radical (unpaired) electrons. The number of carbonyl (C=O) groups excluding carboxylic acids is 1. The highest BCUT2D eigenvalue weighted by Gasteiger charge is 2.12. The van der Waals surface area contributed by atoms with Gasteiger partial charge in [0.1, 0.15) is 18.1 Å². The molecule has 1 N–H and O–H groups in total. The number of anilines is 1. The summed E-state index contributed by atoms with van der Waals surface area (Å²) in [5, 5.41) is 3.27. The van der Waals surface area contributed by atoms with Crippen molar-refractivity contribution < 1.29 is 19.0 Å². The quantitative estimate of drug-likeness (QED) is 0.521. The van der Waals surface area contributed by atoms with Crippen LogP contribution in [0, 0.1) is 13.8 Å². The molecule has 0 aliphatic heterocycles. The predicted molar refractivity (Wildman–Crippen MR) is 124 cm³/mol. The maximum Gasteiger partial charge on any atom is 0.262 e. The molecule has 0 aliphatic carbocycles. The Balaban J connectivity index is 1.59. The van der Waals surface area contributed by atoms with Gasteiger partial charge in [0.05, 0.1) is 19.3 Å². The van der Waals surface area contributed by atoms with Crippen molar-refractivity contribution in [3.05, 3.63) is 81.2 Å². The van der Waals surface area contributed by atoms with Gasteiger partial charge in [0, 0.05) is 23.0 Å². The van der Waals surface area contributed by atoms with E-state index in [1.54, 1.807) is 32.4 Å². The Morgan fingerprint density at radius 3 is 2.47 bits per heavy atom. The minimum absolute atomic E-state index is 0.134. The van der Waals surface area contributed by atoms with E-state index >= 15 is 0 Å². The Hall–Kier alpha value is -3.45. The zero-order valence-corrected chi connectivity index (χ0v) is 18.9. The topological polar surface area (TPSA) is 78.8 Å². The third-order valence-electron chi connectivity index (χ3n) is 4.87. The van der Waals surface area contributed by atoms with E-state index in [0.29, 0.717) is 35.3 Å². The number of hydrogen-bond acceptors (Lipinski definition) is 5. The number of aryl methyl sites for hydroxylation is 1. The van der Waals surface area contributed by atoms with Crippen LogP contribution in [0.2, 0.25) is 5.02 Å². The van der Waals surface area contributed by atoms with Gasteiger partial charge >= 0.3 is 0 Å². The molecule has 3 rings (SSSR count). The van der Waals surface area contributed by atoms with E-state index in [-0.39, 0.29) is 23.7 Å². The molecule has 2 aromatic carbocycles. The molecule has 0 fully saturated rings. The lowest BCUT2D eigenvalue weighted by atomic mass is 10.2. The fraction of sp³-hybridized carbons (Fsp3) is 0.250. The van der Waals surface area contributed by atoms with Crippen LogP contribution in [-0.4, -0.2) is 30.8 Å². The molecule has 0 spiro atoms. The lowest BCUT2D eigenvalue weighted by Gasteiger charge is -2.15. The molecule has 32 heavy (non-hydrogen) atoms. The maximum absolute atomic E-state index is 12.3. The van der Waals surface area contributed by atoms with Crippen LogP contribution in [0.15, 0.2) is 59.5 Å². The van der Waals surface area contributed by atoms with Gasteiger partial charge in [-0.3, -0.25) is 9.59 Å². The molecule has 0 saturated heterocycles. The van der Waals surface area contributed by atoms with Gasteiger partial charge in [-0.05, 0) is 55.8 Å². The number of pyridine rings is 1. The summed E-state index contributed by atoms with van der Waals surface area (Å²) in [6.07, 6.45) is 1.68. The molecule has 168 valence electrons. The molecule has 1 aromatic heterocycles. The monoisotopic (exact) mass is 456 g/mol. The van der Waals surface area contributed by atoms with Crippen LogP contribution < -0.4 is 25.0 Å². The number of ether oxygens (including phenoxy) is 3. The van der Waals surface area contributed by atoms with Gasteiger partial charge in [-0.25, -0.2) is 0 Å². The van der Waals surface area contributed by atoms with Crippen molar-refractivity contribution in [1.82, 2.24) is 4.57 Å². The van der Waals surface area contributed by atoms with Gasteiger partial charge < -0.3 is 24.1 Å². The van der Waals surface area contributed by atoms with E-state index in [4.69, 9.17) is 25.8 Å². The van der Waals surface area contributed by atoms with Gasteiger partial charge in [-0.15, -0.1) is 0 Å². The van der Waals surface area contributed by atoms with Crippen LogP contribution in [-0.2, 0) is 11.3 Å². The lowest BCUT2D eigenvalue weighted by molar-refractivity contribution is -0.118. The molecule has 3 aromatic rings. The van der Waals surface area contributed by atoms with Crippen LogP contribution in [0.25, 0.3) is 0 Å². The van der Waals surface area contributed by atoms with E-state index in [0.717, 1.165) is 11.3 Å². The summed E-state index contributed by atoms with van der Waals surface area (Å²) < 4.78 is 18.3. The summed E-state index contributed by atoms with van der Waals surface area (Å²) >= 11 is 5.98. The number of nitrogens with zero attached hydrogens (tertiary/aromatic N) is 1. The zero-order valence-electron chi connectivity index (χ0n) is 18.2. The van der Waals surface area contributed by atoms with Crippen molar-refractivity contribution in [2.75, 3.05) is 25.6 Å². The number of aromatic nitrogens is 1. The minimum Gasteiger partial charge on any atom is -0.497 e. The van der Waals surface area contributed by atoms with Crippen molar-refractivity contribution in [2.24, 2.45) is 0 Å². The third-order valence-corrected chi connectivity index (χ3v) is 5.11. The molecule has 0 bridgehead atoms. The normalized spacial score (nSPS) is 10.5. The van der Waals surface area contributed by atoms with E-state index in [2.05, 4.69) is 5.32 Å². The van der Waals surface area contributed by atoms with E-state index < -0.39 is 0 Å². The third kappa shape index (κ3) is 6.04. The second kappa shape index (κ2) is 10.7.